The first-order chi connectivity index (χ1) is 29.8. The number of carbonyl (C=O) groups is 5. The summed E-state index contributed by atoms with van der Waals surface area (Å²) < 4.78 is 30.3. The van der Waals surface area contributed by atoms with Crippen molar-refractivity contribution in [2.24, 2.45) is 5.92 Å². The molecule has 3 fully saturated rings. The van der Waals surface area contributed by atoms with E-state index < -0.39 is 36.1 Å². The second kappa shape index (κ2) is 16.6. The molecule has 2 N–H and O–H groups in total. The molecule has 1 aliphatic carbocycles. The zero-order valence-electron chi connectivity index (χ0n) is 34.3. The molecule has 0 radical (unpaired) electrons. The number of hydrogen-bond acceptors (Lipinski definition) is 8. The quantitative estimate of drug-likeness (QED) is 0.148. The highest BCUT2D eigenvalue weighted by Gasteiger charge is 2.46. The molecule has 0 spiro atoms. The summed E-state index contributed by atoms with van der Waals surface area (Å²) in [6.07, 6.45) is 5.47. The zero-order valence-corrected chi connectivity index (χ0v) is 38.6. The van der Waals surface area contributed by atoms with Gasteiger partial charge in [-0.1, -0.05) is 6.07 Å². The zero-order chi connectivity index (χ0) is 43.1. The molecule has 0 bridgehead atoms. The first-order valence-electron chi connectivity index (χ1n) is 21.7. The van der Waals surface area contributed by atoms with Gasteiger partial charge >= 0.3 is 0 Å². The highest BCUT2D eigenvalue weighted by atomic mass is 127. The Hall–Kier alpha value is -3.88. The molecule has 62 heavy (non-hydrogen) atoms. The fourth-order valence-electron chi connectivity index (χ4n) is 11.3. The average Bonchev–Trinajstić information content (AvgIpc) is 3.97. The number of likely N-dealkylation sites (tertiary alicyclic amines) is 1. The van der Waals surface area contributed by atoms with Crippen molar-refractivity contribution < 1.29 is 32.8 Å². The van der Waals surface area contributed by atoms with Crippen molar-refractivity contribution in [2.45, 2.75) is 114 Å². The molecule has 4 aromatic rings. The van der Waals surface area contributed by atoms with E-state index in [4.69, 9.17) is 0 Å². The first kappa shape index (κ1) is 42.1. The fraction of sp³-hybridized carbons (Fsp3) is 0.478. The number of benzene rings is 3. The van der Waals surface area contributed by atoms with Crippen LogP contribution in [-0.2, 0) is 33.9 Å². The van der Waals surface area contributed by atoms with E-state index in [9.17, 15) is 32.8 Å². The largest absolute Gasteiger partial charge is 0.342 e. The van der Waals surface area contributed by atoms with Gasteiger partial charge in [0.2, 0.25) is 17.7 Å². The van der Waals surface area contributed by atoms with Crippen molar-refractivity contribution in [1.82, 2.24) is 35.1 Å². The maximum Gasteiger partial charge on any atom is 0.262 e. The number of alkyl halides is 2. The summed E-state index contributed by atoms with van der Waals surface area (Å²) in [4.78, 5) is 72.3. The van der Waals surface area contributed by atoms with Gasteiger partial charge in [0.05, 0.1) is 35.4 Å². The SMILES string of the molecule is C[C@@H]1Cc2c(ccc3[nH]ncc23)[C@@H](c2c(I)cc(C3CCN(C(=O)C4CCC(N5Cc6cc7c(cc6C5)C(=O)N(C5CCC(=O)NC5=O)C7=O)CC4)CC3)cc2I)N1CC(F)F. The van der Waals surface area contributed by atoms with Crippen LogP contribution in [0.15, 0.2) is 42.6 Å². The number of aromatic amines is 1. The Balaban J connectivity index is 0.757. The van der Waals surface area contributed by atoms with Crippen molar-refractivity contribution in [1.29, 1.82) is 0 Å². The summed E-state index contributed by atoms with van der Waals surface area (Å²) in [7, 11) is 0. The lowest BCUT2D eigenvalue weighted by atomic mass is 9.82. The summed E-state index contributed by atoms with van der Waals surface area (Å²) in [5, 5.41) is 10.6. The molecule has 2 saturated heterocycles. The van der Waals surface area contributed by atoms with E-state index in [1.807, 2.05) is 36.2 Å². The number of aromatic nitrogens is 2. The summed E-state index contributed by atoms with van der Waals surface area (Å²) in [6.45, 7) is 4.48. The van der Waals surface area contributed by atoms with E-state index in [1.54, 1.807) is 0 Å². The number of amides is 5. The first-order valence-corrected chi connectivity index (χ1v) is 23.9. The Morgan fingerprint density at radius 3 is 2.18 bits per heavy atom. The molecule has 1 unspecified atom stereocenters. The molecule has 1 saturated carbocycles. The Morgan fingerprint density at radius 1 is 0.887 bits per heavy atom. The minimum Gasteiger partial charge on any atom is -0.342 e. The van der Waals surface area contributed by atoms with Gasteiger partial charge in [-0.05, 0) is 168 Å². The van der Waals surface area contributed by atoms with Gasteiger partial charge in [-0.15, -0.1) is 0 Å². The van der Waals surface area contributed by atoms with Crippen LogP contribution in [0.2, 0.25) is 0 Å². The normalized spacial score (nSPS) is 26.1. The fourth-order valence-corrected chi connectivity index (χ4v) is 13.7. The number of piperidine rings is 2. The van der Waals surface area contributed by atoms with Crippen LogP contribution in [0, 0.1) is 13.1 Å². The third-order valence-corrected chi connectivity index (χ3v) is 16.3. The van der Waals surface area contributed by atoms with Gasteiger partial charge in [-0.3, -0.25) is 49.1 Å². The molecule has 5 amide bonds. The predicted molar refractivity (Wildman–Crippen MR) is 242 cm³/mol. The van der Waals surface area contributed by atoms with Crippen LogP contribution < -0.4 is 5.32 Å². The Bertz CT molecular complexity index is 2470. The third kappa shape index (κ3) is 7.37. The number of H-pyrrole nitrogens is 1. The molecular weight excluding hydrogens is 1020 g/mol. The molecule has 12 nitrogen and oxygen atoms in total. The van der Waals surface area contributed by atoms with Crippen LogP contribution in [0.4, 0.5) is 8.78 Å². The maximum absolute atomic E-state index is 14.1. The smallest absolute Gasteiger partial charge is 0.262 e. The van der Waals surface area contributed by atoms with Gasteiger partial charge in [0.25, 0.3) is 18.2 Å². The van der Waals surface area contributed by atoms with Crippen molar-refractivity contribution in [3.05, 3.63) is 94.2 Å². The molecule has 3 atom stereocenters. The molecule has 6 aliphatic rings. The van der Waals surface area contributed by atoms with Crippen LogP contribution in [0.5, 0.6) is 0 Å². The highest BCUT2D eigenvalue weighted by Crippen LogP contribution is 2.45. The number of nitrogens with one attached hydrogen (secondary N) is 2. The van der Waals surface area contributed by atoms with Gasteiger partial charge in [0, 0.05) is 68.7 Å². The monoisotopic (exact) mass is 1070 g/mol. The van der Waals surface area contributed by atoms with Crippen LogP contribution in [0.3, 0.4) is 0 Å². The van der Waals surface area contributed by atoms with E-state index in [0.717, 1.165) is 83.7 Å². The van der Waals surface area contributed by atoms with Crippen molar-refractivity contribution in [3.8, 4) is 0 Å². The van der Waals surface area contributed by atoms with Gasteiger partial charge in [0.1, 0.15) is 6.04 Å². The number of halogens is 4. The molecule has 324 valence electrons. The third-order valence-electron chi connectivity index (χ3n) is 14.5. The van der Waals surface area contributed by atoms with Crippen LogP contribution in [0.1, 0.15) is 124 Å². The van der Waals surface area contributed by atoms with Crippen molar-refractivity contribution in [3.63, 3.8) is 0 Å². The van der Waals surface area contributed by atoms with Crippen molar-refractivity contribution in [2.75, 3.05) is 19.6 Å². The second-order valence-electron chi connectivity index (χ2n) is 18.0. The summed E-state index contributed by atoms with van der Waals surface area (Å²) >= 11 is 4.80. The molecular formula is C46H47F2I2N7O5. The van der Waals surface area contributed by atoms with E-state index in [2.05, 4.69) is 88.7 Å². The lowest BCUT2D eigenvalue weighted by Crippen LogP contribution is -2.54. The molecule has 1 aromatic heterocycles. The van der Waals surface area contributed by atoms with E-state index in [-0.39, 0.29) is 43.3 Å². The highest BCUT2D eigenvalue weighted by molar-refractivity contribution is 14.1. The van der Waals surface area contributed by atoms with Crippen LogP contribution in [0.25, 0.3) is 10.9 Å². The Morgan fingerprint density at radius 2 is 1.55 bits per heavy atom. The average molecular weight is 1070 g/mol. The van der Waals surface area contributed by atoms with Crippen LogP contribution >= 0.6 is 45.2 Å². The molecule has 10 rings (SSSR count). The molecule has 16 heteroatoms. The molecule has 6 heterocycles. The van der Waals surface area contributed by atoms with E-state index in [0.29, 0.717) is 55.7 Å². The number of fused-ring (bicyclic) bond motifs is 5. The van der Waals surface area contributed by atoms with Crippen LogP contribution in [-0.4, -0.2) is 104 Å². The predicted octanol–water partition coefficient (Wildman–Crippen LogP) is 7.06. The van der Waals surface area contributed by atoms with Crippen molar-refractivity contribution >= 4 is 85.6 Å². The van der Waals surface area contributed by atoms with Gasteiger partial charge in [-0.2, -0.15) is 5.10 Å². The molecule has 3 aromatic carbocycles. The lowest BCUT2D eigenvalue weighted by Gasteiger charge is -2.43. The number of rotatable bonds is 7. The van der Waals surface area contributed by atoms with Gasteiger partial charge in [-0.25, -0.2) is 8.78 Å². The number of nitrogens with zero attached hydrogens (tertiary/aromatic N) is 5. The molecule has 5 aliphatic heterocycles. The maximum atomic E-state index is 14.1. The minimum atomic E-state index is -2.45. The Labute approximate surface area is 385 Å². The van der Waals surface area contributed by atoms with Gasteiger partial charge < -0.3 is 4.90 Å². The number of hydrogen-bond donors (Lipinski definition) is 2. The topological polar surface area (TPSA) is 139 Å². The lowest BCUT2D eigenvalue weighted by molar-refractivity contribution is -0.138. The summed E-state index contributed by atoms with van der Waals surface area (Å²) in [5.41, 5.74) is 8.14. The number of carbonyl (C=O) groups excluding carboxylic acids is 5. The minimum absolute atomic E-state index is 0.00787. The van der Waals surface area contributed by atoms with Gasteiger partial charge in [0.15, 0.2) is 0 Å². The van der Waals surface area contributed by atoms with E-state index >= 15 is 0 Å². The van der Waals surface area contributed by atoms with E-state index in [1.165, 1.54) is 11.1 Å². The standard InChI is InChI=1S/C46H47F2I2N7O5/c1-23-14-31-30(6-7-37-34(31)19-51-53-37)42(56(23)22-39(47)48)41-35(49)17-26(18-36(41)50)24-10-12-54(13-11-24)44(60)25-2-4-29(5-3-25)55-20-27-15-32-33(16-28(27)21-55)46(62)57(45(32)61)38-8-9-40(58)52-43(38)59/h6-7,15-19,23-25,29,38-39,42H,2-5,8-14,20-22H2,1H3,(H,51,53)(H,52,58,59)/t23-,25?,29?,38?,42+/m1/s1. The summed E-state index contributed by atoms with van der Waals surface area (Å²) in [5.74, 6) is -1.44. The summed E-state index contributed by atoms with van der Waals surface area (Å²) in [6, 6.07) is 11.1. The second-order valence-corrected chi connectivity index (χ2v) is 20.4. The Kier molecular flexibility index (Phi) is 11.3. The number of imide groups is 2.